The molecule has 10 heteroatoms. The number of carbonyl (C=O) groups excluding carboxylic acids is 1. The van der Waals surface area contributed by atoms with Gasteiger partial charge in [-0.3, -0.25) is 14.9 Å². The number of amides is 1. The van der Waals surface area contributed by atoms with E-state index >= 15 is 0 Å². The highest BCUT2D eigenvalue weighted by Crippen LogP contribution is 2.33. The third kappa shape index (κ3) is 4.47. The van der Waals surface area contributed by atoms with E-state index in [-0.39, 0.29) is 26.5 Å². The molecule has 0 unspecified atom stereocenters. The highest BCUT2D eigenvalue weighted by molar-refractivity contribution is 6.43. The first-order valence-corrected chi connectivity index (χ1v) is 7.42. The van der Waals surface area contributed by atoms with Gasteiger partial charge in [-0.15, -0.1) is 0 Å². The summed E-state index contributed by atoms with van der Waals surface area (Å²) in [5.41, 5.74) is -0.696. The maximum Gasteiger partial charge on any atom is 0.306 e. The van der Waals surface area contributed by atoms with Crippen LogP contribution in [0.1, 0.15) is 0 Å². The summed E-state index contributed by atoms with van der Waals surface area (Å²) in [6.07, 6.45) is 0. The van der Waals surface area contributed by atoms with Gasteiger partial charge in [-0.25, -0.2) is 0 Å². The summed E-state index contributed by atoms with van der Waals surface area (Å²) < 4.78 is 18.4. The first-order chi connectivity index (χ1) is 11.3. The normalized spacial score (nSPS) is 10.3. The second-order valence-corrected chi connectivity index (χ2v) is 5.68. The molecule has 0 aliphatic carbocycles. The number of hydrogen-bond donors (Lipinski definition) is 1. The van der Waals surface area contributed by atoms with Crippen LogP contribution >= 0.6 is 34.8 Å². The zero-order valence-corrected chi connectivity index (χ0v) is 14.0. The lowest BCUT2D eigenvalue weighted by Crippen LogP contribution is -2.20. The molecule has 0 aliphatic heterocycles. The second-order valence-electron chi connectivity index (χ2n) is 4.46. The van der Waals surface area contributed by atoms with Gasteiger partial charge in [0.25, 0.3) is 5.91 Å². The molecule has 0 aromatic heterocycles. The van der Waals surface area contributed by atoms with Crippen LogP contribution in [0.25, 0.3) is 0 Å². The molecule has 126 valence electrons. The molecule has 2 aromatic rings. The number of ether oxygens (including phenoxy) is 1. The number of nitrogens with one attached hydrogen (secondary N) is 1. The third-order valence-corrected chi connectivity index (χ3v) is 3.78. The van der Waals surface area contributed by atoms with E-state index in [0.717, 1.165) is 12.1 Å². The van der Waals surface area contributed by atoms with Gasteiger partial charge in [0.2, 0.25) is 5.82 Å². The van der Waals surface area contributed by atoms with Crippen LogP contribution in [0.3, 0.4) is 0 Å². The van der Waals surface area contributed by atoms with Gasteiger partial charge >= 0.3 is 5.69 Å². The van der Waals surface area contributed by atoms with Gasteiger partial charge in [0.1, 0.15) is 5.75 Å². The number of rotatable bonds is 5. The summed E-state index contributed by atoms with van der Waals surface area (Å²) in [4.78, 5) is 21.6. The maximum atomic E-state index is 13.2. The molecule has 0 saturated carbocycles. The van der Waals surface area contributed by atoms with Crippen molar-refractivity contribution in [3.63, 3.8) is 0 Å². The summed E-state index contributed by atoms with van der Waals surface area (Å²) in [7, 11) is 0. The Morgan fingerprint density at radius 2 is 1.83 bits per heavy atom. The lowest BCUT2D eigenvalue weighted by Gasteiger charge is -2.10. The third-order valence-electron chi connectivity index (χ3n) is 2.76. The number of nitro groups is 1. The lowest BCUT2D eigenvalue weighted by atomic mass is 10.2. The van der Waals surface area contributed by atoms with E-state index in [9.17, 15) is 19.3 Å². The fourth-order valence-electron chi connectivity index (χ4n) is 1.69. The summed E-state index contributed by atoms with van der Waals surface area (Å²) in [5.74, 6) is -1.49. The van der Waals surface area contributed by atoms with Gasteiger partial charge in [-0.1, -0.05) is 34.8 Å². The van der Waals surface area contributed by atoms with E-state index in [2.05, 4.69) is 5.32 Å². The molecule has 1 amide bonds. The Labute approximate surface area is 150 Å². The number of hydrogen-bond acceptors (Lipinski definition) is 4. The van der Waals surface area contributed by atoms with Crippen molar-refractivity contribution in [2.24, 2.45) is 0 Å². The van der Waals surface area contributed by atoms with Crippen molar-refractivity contribution in [1.82, 2.24) is 0 Å². The molecule has 0 saturated heterocycles. The summed E-state index contributed by atoms with van der Waals surface area (Å²) in [6, 6.07) is 5.68. The molecule has 0 bridgehead atoms. The van der Waals surface area contributed by atoms with Gasteiger partial charge in [0.05, 0.1) is 20.0 Å². The fraction of sp³-hybridized carbons (Fsp3) is 0.0714. The zero-order valence-electron chi connectivity index (χ0n) is 11.7. The molecule has 2 aromatic carbocycles. The zero-order chi connectivity index (χ0) is 17.9. The van der Waals surface area contributed by atoms with Gasteiger partial charge in [-0.05, 0) is 18.2 Å². The highest BCUT2D eigenvalue weighted by atomic mass is 35.5. The molecule has 0 aliphatic rings. The van der Waals surface area contributed by atoms with Gasteiger partial charge in [0, 0.05) is 17.8 Å². The second kappa shape index (κ2) is 7.65. The molecule has 0 spiro atoms. The molecule has 6 nitrogen and oxygen atoms in total. The summed E-state index contributed by atoms with van der Waals surface area (Å²) >= 11 is 17.5. The van der Waals surface area contributed by atoms with Gasteiger partial charge in [0.15, 0.2) is 6.61 Å². The van der Waals surface area contributed by atoms with Crippen LogP contribution in [0, 0.1) is 15.9 Å². The molecule has 0 fully saturated rings. The van der Waals surface area contributed by atoms with Crippen LogP contribution in [-0.4, -0.2) is 17.4 Å². The van der Waals surface area contributed by atoms with Crippen LogP contribution in [0.15, 0.2) is 30.3 Å². The van der Waals surface area contributed by atoms with Crippen LogP contribution in [0.5, 0.6) is 5.75 Å². The molecule has 0 radical (unpaired) electrons. The van der Waals surface area contributed by atoms with Crippen LogP contribution in [-0.2, 0) is 4.79 Å². The number of anilines is 1. The SMILES string of the molecule is O=C(COc1cc(Cl)c(Cl)cc1Cl)Nc1ccc(F)c([N+](=O)[O-])c1. The van der Waals surface area contributed by atoms with E-state index in [0.29, 0.717) is 0 Å². The van der Waals surface area contributed by atoms with Crippen LogP contribution in [0.4, 0.5) is 15.8 Å². The minimum Gasteiger partial charge on any atom is -0.482 e. The Balaban J connectivity index is 2.03. The average molecular weight is 394 g/mol. The Morgan fingerprint density at radius 3 is 2.50 bits per heavy atom. The Bertz CT molecular complexity index is 817. The summed E-state index contributed by atoms with van der Waals surface area (Å²) in [5, 5.41) is 13.6. The maximum absolute atomic E-state index is 13.2. The number of carbonyl (C=O) groups is 1. The standard InChI is InChI=1S/C14H8Cl3FN2O4/c15-8-4-10(17)13(5-9(8)16)24-6-14(21)19-7-1-2-11(18)12(3-7)20(22)23/h1-5H,6H2,(H,19,21). The van der Waals surface area contributed by atoms with Gasteiger partial charge < -0.3 is 10.1 Å². The number of halogens is 4. The molecular formula is C14H8Cl3FN2O4. The molecule has 0 atom stereocenters. The van der Waals surface area contributed by atoms with E-state index in [1.807, 2.05) is 0 Å². The van der Waals surface area contributed by atoms with Crippen molar-refractivity contribution in [3.05, 3.63) is 61.3 Å². The predicted molar refractivity (Wildman–Crippen MR) is 88.7 cm³/mol. The van der Waals surface area contributed by atoms with Crippen molar-refractivity contribution >= 4 is 52.1 Å². The van der Waals surface area contributed by atoms with E-state index in [4.69, 9.17) is 39.5 Å². The van der Waals surface area contributed by atoms with Crippen molar-refractivity contribution < 1.29 is 18.8 Å². The molecule has 0 heterocycles. The Kier molecular flexibility index (Phi) is 5.82. The van der Waals surface area contributed by atoms with Gasteiger partial charge in [-0.2, -0.15) is 4.39 Å². The van der Waals surface area contributed by atoms with E-state index in [1.165, 1.54) is 18.2 Å². The minimum atomic E-state index is -1.00. The smallest absolute Gasteiger partial charge is 0.306 e. The topological polar surface area (TPSA) is 81.5 Å². The molecule has 1 N–H and O–H groups in total. The highest BCUT2D eigenvalue weighted by Gasteiger charge is 2.16. The minimum absolute atomic E-state index is 0.0527. The quantitative estimate of drug-likeness (QED) is 0.453. The average Bonchev–Trinajstić information content (AvgIpc) is 2.51. The number of nitrogens with zero attached hydrogens (tertiary/aromatic N) is 1. The fourth-order valence-corrected chi connectivity index (χ4v) is 2.28. The molecule has 2 rings (SSSR count). The van der Waals surface area contributed by atoms with E-state index in [1.54, 1.807) is 0 Å². The van der Waals surface area contributed by atoms with Crippen molar-refractivity contribution in [2.75, 3.05) is 11.9 Å². The monoisotopic (exact) mass is 392 g/mol. The first-order valence-electron chi connectivity index (χ1n) is 6.29. The van der Waals surface area contributed by atoms with E-state index < -0.39 is 28.9 Å². The molecular weight excluding hydrogens is 386 g/mol. The Morgan fingerprint density at radius 1 is 1.17 bits per heavy atom. The van der Waals surface area contributed by atoms with Crippen LogP contribution in [0.2, 0.25) is 15.1 Å². The van der Waals surface area contributed by atoms with Crippen LogP contribution < -0.4 is 10.1 Å². The van der Waals surface area contributed by atoms with Crippen molar-refractivity contribution in [2.45, 2.75) is 0 Å². The molecule has 24 heavy (non-hydrogen) atoms. The number of nitro benzene ring substituents is 1. The Hall–Kier alpha value is -2.09. The first kappa shape index (κ1) is 18.3. The lowest BCUT2D eigenvalue weighted by molar-refractivity contribution is -0.387. The van der Waals surface area contributed by atoms with Crippen molar-refractivity contribution in [3.8, 4) is 5.75 Å². The summed E-state index contributed by atoms with van der Waals surface area (Å²) in [6.45, 7) is -0.442. The largest absolute Gasteiger partial charge is 0.482 e. The van der Waals surface area contributed by atoms with Crippen molar-refractivity contribution in [1.29, 1.82) is 0 Å². The number of benzene rings is 2. The predicted octanol–water partition coefficient (Wildman–Crippen LogP) is 4.71.